The molecule has 1 saturated heterocycles. The highest BCUT2D eigenvalue weighted by Gasteiger charge is 2.22. The molecule has 1 fully saturated rings. The van der Waals surface area contributed by atoms with Crippen LogP contribution in [-0.2, 0) is 5.75 Å². The summed E-state index contributed by atoms with van der Waals surface area (Å²) in [6, 6.07) is 13.7. The lowest BCUT2D eigenvalue weighted by molar-refractivity contribution is 0.0546. The summed E-state index contributed by atoms with van der Waals surface area (Å²) in [5, 5.41) is 9.57. The molecule has 3 heterocycles. The Morgan fingerprint density at radius 1 is 1.15 bits per heavy atom. The second-order valence-electron chi connectivity index (χ2n) is 6.53. The smallest absolute Gasteiger partial charge is 0.253 e. The van der Waals surface area contributed by atoms with Gasteiger partial charge in [-0.1, -0.05) is 6.07 Å². The first-order chi connectivity index (χ1) is 12.7. The molecule has 1 aromatic carbocycles. The van der Waals surface area contributed by atoms with E-state index in [-0.39, 0.29) is 12.0 Å². The first-order valence-corrected chi connectivity index (χ1v) is 9.80. The van der Waals surface area contributed by atoms with Crippen LogP contribution in [0.3, 0.4) is 0 Å². The number of hydrogen-bond donors (Lipinski definition) is 1. The van der Waals surface area contributed by atoms with Gasteiger partial charge in [0, 0.05) is 41.7 Å². The number of fused-ring (bicyclic) bond motifs is 1. The molecule has 1 amide bonds. The zero-order valence-electron chi connectivity index (χ0n) is 14.4. The number of likely N-dealkylation sites (tertiary alicyclic amines) is 1. The fraction of sp³-hybridized carbons (Fsp3) is 0.300. The number of aliphatic hydroxyl groups excluding tert-OH is 1. The molecule has 0 atom stereocenters. The minimum atomic E-state index is -0.266. The number of amides is 1. The summed E-state index contributed by atoms with van der Waals surface area (Å²) in [6.07, 6.45) is 5.11. The van der Waals surface area contributed by atoms with Crippen LogP contribution in [-0.4, -0.2) is 44.5 Å². The van der Waals surface area contributed by atoms with Crippen LogP contribution in [0.25, 0.3) is 5.65 Å². The van der Waals surface area contributed by atoms with Gasteiger partial charge in [0.05, 0.1) is 11.8 Å². The predicted octanol–water partition coefficient (Wildman–Crippen LogP) is 3.22. The molecule has 3 aromatic rings. The van der Waals surface area contributed by atoms with Crippen molar-refractivity contribution in [1.82, 2.24) is 14.3 Å². The van der Waals surface area contributed by atoms with Crippen molar-refractivity contribution in [3.8, 4) is 0 Å². The largest absolute Gasteiger partial charge is 0.393 e. The second-order valence-corrected chi connectivity index (χ2v) is 7.58. The van der Waals surface area contributed by atoms with Crippen LogP contribution in [0.4, 0.5) is 0 Å². The summed E-state index contributed by atoms with van der Waals surface area (Å²) in [5.74, 6) is 0.840. The first kappa shape index (κ1) is 17.1. The Kier molecular flexibility index (Phi) is 4.95. The van der Waals surface area contributed by atoms with E-state index in [1.54, 1.807) is 11.8 Å². The van der Waals surface area contributed by atoms with Gasteiger partial charge in [-0.3, -0.25) is 4.79 Å². The highest BCUT2D eigenvalue weighted by molar-refractivity contribution is 7.98. The third-order valence-corrected chi connectivity index (χ3v) is 5.70. The number of imidazole rings is 1. The third kappa shape index (κ3) is 3.76. The summed E-state index contributed by atoms with van der Waals surface area (Å²) in [4.78, 5) is 20.1. The summed E-state index contributed by atoms with van der Waals surface area (Å²) in [6.45, 7) is 1.26. The number of aliphatic hydroxyl groups is 1. The van der Waals surface area contributed by atoms with Crippen molar-refractivity contribution in [2.75, 3.05) is 13.1 Å². The number of pyridine rings is 1. The molecule has 134 valence electrons. The SMILES string of the molecule is O=C(c1ccc(SCc2cn3ccccc3n2)cc1)N1CCC(O)CC1. The van der Waals surface area contributed by atoms with E-state index in [1.165, 1.54) is 0 Å². The Hall–Kier alpha value is -2.31. The van der Waals surface area contributed by atoms with Crippen molar-refractivity contribution in [2.45, 2.75) is 29.6 Å². The van der Waals surface area contributed by atoms with Crippen molar-refractivity contribution >= 4 is 23.3 Å². The Morgan fingerprint density at radius 3 is 2.65 bits per heavy atom. The molecule has 26 heavy (non-hydrogen) atoms. The molecule has 1 aliphatic heterocycles. The number of rotatable bonds is 4. The van der Waals surface area contributed by atoms with Gasteiger partial charge >= 0.3 is 0 Å². The molecule has 1 N–H and O–H groups in total. The van der Waals surface area contributed by atoms with E-state index in [0.717, 1.165) is 22.0 Å². The zero-order valence-corrected chi connectivity index (χ0v) is 15.2. The average Bonchev–Trinajstić information content (AvgIpc) is 3.10. The molecular formula is C20H21N3O2S. The van der Waals surface area contributed by atoms with Gasteiger partial charge in [-0.15, -0.1) is 11.8 Å². The fourth-order valence-corrected chi connectivity index (χ4v) is 3.94. The number of carbonyl (C=O) groups is 1. The van der Waals surface area contributed by atoms with E-state index >= 15 is 0 Å². The molecule has 2 aromatic heterocycles. The number of thioether (sulfide) groups is 1. The van der Waals surface area contributed by atoms with Crippen molar-refractivity contribution in [3.05, 3.63) is 66.1 Å². The van der Waals surface area contributed by atoms with Gasteiger partial charge in [-0.2, -0.15) is 0 Å². The van der Waals surface area contributed by atoms with Gasteiger partial charge in [0.2, 0.25) is 0 Å². The number of hydrogen-bond acceptors (Lipinski definition) is 4. The standard InChI is InChI=1S/C20H21N3O2S/c24-17-8-11-22(12-9-17)20(25)15-4-6-18(7-5-15)26-14-16-13-23-10-2-1-3-19(23)21-16/h1-7,10,13,17,24H,8-9,11-12,14H2. The van der Waals surface area contributed by atoms with Crippen molar-refractivity contribution in [3.63, 3.8) is 0 Å². The molecule has 0 radical (unpaired) electrons. The molecule has 5 nitrogen and oxygen atoms in total. The molecule has 1 aliphatic rings. The van der Waals surface area contributed by atoms with Crippen LogP contribution in [0, 0.1) is 0 Å². The van der Waals surface area contributed by atoms with Crippen molar-refractivity contribution in [1.29, 1.82) is 0 Å². The van der Waals surface area contributed by atoms with Crippen LogP contribution >= 0.6 is 11.8 Å². The molecule has 6 heteroatoms. The maximum absolute atomic E-state index is 12.5. The topological polar surface area (TPSA) is 57.8 Å². The zero-order chi connectivity index (χ0) is 17.9. The van der Waals surface area contributed by atoms with Crippen LogP contribution in [0.5, 0.6) is 0 Å². The summed E-state index contributed by atoms with van der Waals surface area (Å²) in [5.41, 5.74) is 2.70. The van der Waals surface area contributed by atoms with Crippen molar-refractivity contribution < 1.29 is 9.90 Å². The number of nitrogens with zero attached hydrogens (tertiary/aromatic N) is 3. The molecule has 0 bridgehead atoms. The fourth-order valence-electron chi connectivity index (χ4n) is 3.16. The van der Waals surface area contributed by atoms with Gasteiger partial charge in [0.15, 0.2) is 0 Å². The molecule has 4 rings (SSSR count). The second kappa shape index (κ2) is 7.51. The monoisotopic (exact) mass is 367 g/mol. The average molecular weight is 367 g/mol. The molecule has 0 unspecified atom stereocenters. The highest BCUT2D eigenvalue weighted by atomic mass is 32.2. The van der Waals surface area contributed by atoms with Gasteiger partial charge in [0.1, 0.15) is 5.65 Å². The lowest BCUT2D eigenvalue weighted by atomic mass is 10.1. The van der Waals surface area contributed by atoms with E-state index in [2.05, 4.69) is 4.98 Å². The Morgan fingerprint density at radius 2 is 1.92 bits per heavy atom. The Balaban J connectivity index is 1.37. The summed E-state index contributed by atoms with van der Waals surface area (Å²) < 4.78 is 2.02. The summed E-state index contributed by atoms with van der Waals surface area (Å²) >= 11 is 1.71. The number of piperidine rings is 1. The lowest BCUT2D eigenvalue weighted by Gasteiger charge is -2.29. The van der Waals surface area contributed by atoms with Gasteiger partial charge < -0.3 is 14.4 Å². The van der Waals surface area contributed by atoms with E-state index < -0.39 is 0 Å². The van der Waals surface area contributed by atoms with E-state index in [9.17, 15) is 9.90 Å². The van der Waals surface area contributed by atoms with Crippen LogP contribution < -0.4 is 0 Å². The third-order valence-electron chi connectivity index (χ3n) is 4.65. The summed E-state index contributed by atoms with van der Waals surface area (Å²) in [7, 11) is 0. The first-order valence-electron chi connectivity index (χ1n) is 8.82. The molecule has 0 aliphatic carbocycles. The number of aromatic nitrogens is 2. The van der Waals surface area contributed by atoms with E-state index in [0.29, 0.717) is 31.5 Å². The Labute approximate surface area is 156 Å². The van der Waals surface area contributed by atoms with Crippen LogP contribution in [0.2, 0.25) is 0 Å². The van der Waals surface area contributed by atoms with E-state index in [1.807, 2.05) is 64.2 Å². The maximum atomic E-state index is 12.5. The number of carbonyl (C=O) groups excluding carboxylic acids is 1. The molecule has 0 spiro atoms. The maximum Gasteiger partial charge on any atom is 0.253 e. The molecular weight excluding hydrogens is 346 g/mol. The highest BCUT2D eigenvalue weighted by Crippen LogP contribution is 2.24. The minimum absolute atomic E-state index is 0.0498. The molecule has 0 saturated carbocycles. The van der Waals surface area contributed by atoms with Crippen LogP contribution in [0.1, 0.15) is 28.9 Å². The lowest BCUT2D eigenvalue weighted by Crippen LogP contribution is -2.40. The number of benzene rings is 1. The van der Waals surface area contributed by atoms with Gasteiger partial charge in [-0.05, 0) is 49.2 Å². The van der Waals surface area contributed by atoms with Crippen LogP contribution in [0.15, 0.2) is 59.8 Å². The van der Waals surface area contributed by atoms with Crippen molar-refractivity contribution in [2.24, 2.45) is 0 Å². The minimum Gasteiger partial charge on any atom is -0.393 e. The van der Waals surface area contributed by atoms with Gasteiger partial charge in [0.25, 0.3) is 5.91 Å². The Bertz CT molecular complexity index is 866. The van der Waals surface area contributed by atoms with Gasteiger partial charge in [-0.25, -0.2) is 4.98 Å². The normalized spacial score (nSPS) is 15.5. The quantitative estimate of drug-likeness (QED) is 0.720. The predicted molar refractivity (Wildman–Crippen MR) is 102 cm³/mol. The van der Waals surface area contributed by atoms with E-state index in [4.69, 9.17) is 0 Å².